The Labute approximate surface area is 140 Å². The van der Waals surface area contributed by atoms with Gasteiger partial charge in [0.2, 0.25) is 0 Å². The van der Waals surface area contributed by atoms with E-state index in [0.717, 1.165) is 55.9 Å². The zero-order valence-corrected chi connectivity index (χ0v) is 14.8. The Kier molecular flexibility index (Phi) is 4.75. The molecule has 1 fully saturated rings. The average Bonchev–Trinajstić information content (AvgIpc) is 3.13. The van der Waals surface area contributed by atoms with Gasteiger partial charge in [-0.3, -0.25) is 9.48 Å². The van der Waals surface area contributed by atoms with E-state index in [-0.39, 0.29) is 11.9 Å². The molecule has 1 aliphatic heterocycles. The van der Waals surface area contributed by atoms with Crippen LogP contribution in [0.3, 0.4) is 0 Å². The van der Waals surface area contributed by atoms with E-state index in [0.29, 0.717) is 4.88 Å². The van der Waals surface area contributed by atoms with Gasteiger partial charge in [0.05, 0.1) is 24.0 Å². The van der Waals surface area contributed by atoms with Crippen LogP contribution in [0.25, 0.3) is 0 Å². The summed E-state index contributed by atoms with van der Waals surface area (Å²) < 4.78 is 5.99. The number of aryl methyl sites for hydroxylation is 3. The number of likely N-dealkylation sites (tertiary alicyclic amines) is 1. The first-order chi connectivity index (χ1) is 11.1. The molecule has 3 rings (SSSR count). The van der Waals surface area contributed by atoms with Gasteiger partial charge in [0, 0.05) is 12.2 Å². The predicted molar refractivity (Wildman–Crippen MR) is 89.7 cm³/mol. The molecule has 0 bridgehead atoms. The first-order valence-electron chi connectivity index (χ1n) is 8.23. The number of hydrogen-bond acceptors (Lipinski definition) is 5. The number of rotatable bonds is 4. The van der Waals surface area contributed by atoms with Crippen molar-refractivity contribution in [2.75, 3.05) is 6.54 Å². The zero-order valence-electron chi connectivity index (χ0n) is 13.9. The summed E-state index contributed by atoms with van der Waals surface area (Å²) in [6.45, 7) is 7.65. The minimum Gasteiger partial charge on any atom is -0.333 e. The summed E-state index contributed by atoms with van der Waals surface area (Å²) in [7, 11) is 0. The highest BCUT2D eigenvalue weighted by molar-refractivity contribution is 7.08. The Hall–Kier alpha value is -1.76. The highest BCUT2D eigenvalue weighted by Gasteiger charge is 2.30. The summed E-state index contributed by atoms with van der Waals surface area (Å²) in [6, 6.07) is 2.28. The van der Waals surface area contributed by atoms with Gasteiger partial charge in [-0.15, -0.1) is 5.10 Å². The van der Waals surface area contributed by atoms with Gasteiger partial charge in [-0.2, -0.15) is 5.10 Å². The van der Waals surface area contributed by atoms with Crippen molar-refractivity contribution in [3.8, 4) is 0 Å². The lowest BCUT2D eigenvalue weighted by atomic mass is 10.0. The topological polar surface area (TPSA) is 63.9 Å². The number of aromatic nitrogens is 4. The standard InChI is InChI=1S/C16H23N5OS/c1-4-14-15(23-19-17-14)16(22)20-8-6-5-7-13(20)10-21-12(3)9-11(2)18-21/h9,13H,4-8,10H2,1-3H3/t13-/m0/s1. The summed E-state index contributed by atoms with van der Waals surface area (Å²) in [4.78, 5) is 15.7. The number of carbonyl (C=O) groups is 1. The highest BCUT2D eigenvalue weighted by Crippen LogP contribution is 2.24. The molecule has 2 aromatic rings. The number of piperidine rings is 1. The summed E-state index contributed by atoms with van der Waals surface area (Å²) in [5, 5.41) is 8.63. The summed E-state index contributed by atoms with van der Waals surface area (Å²) in [5.41, 5.74) is 2.99. The number of hydrogen-bond donors (Lipinski definition) is 0. The monoisotopic (exact) mass is 333 g/mol. The van der Waals surface area contributed by atoms with Crippen LogP contribution in [-0.4, -0.2) is 42.8 Å². The third-order valence-electron chi connectivity index (χ3n) is 4.46. The van der Waals surface area contributed by atoms with Crippen LogP contribution in [0.1, 0.15) is 52.9 Å². The van der Waals surface area contributed by atoms with Crippen LogP contribution in [0.15, 0.2) is 6.07 Å². The third-order valence-corrected chi connectivity index (χ3v) is 5.22. The van der Waals surface area contributed by atoms with Crippen molar-refractivity contribution in [2.24, 2.45) is 0 Å². The number of amides is 1. The Bertz CT molecular complexity index is 692. The van der Waals surface area contributed by atoms with E-state index in [1.807, 2.05) is 23.4 Å². The van der Waals surface area contributed by atoms with Crippen molar-refractivity contribution in [2.45, 2.75) is 59.0 Å². The molecule has 1 saturated heterocycles. The fourth-order valence-corrected chi connectivity index (χ4v) is 3.96. The molecule has 0 N–H and O–H groups in total. The van der Waals surface area contributed by atoms with Crippen molar-refractivity contribution in [1.29, 1.82) is 0 Å². The average molecular weight is 333 g/mol. The third kappa shape index (κ3) is 3.29. The molecule has 1 aliphatic rings. The molecule has 7 heteroatoms. The van der Waals surface area contributed by atoms with Crippen LogP contribution in [-0.2, 0) is 13.0 Å². The molecule has 3 heterocycles. The molecule has 2 aromatic heterocycles. The van der Waals surface area contributed by atoms with Crippen LogP contribution in [0.5, 0.6) is 0 Å². The first-order valence-corrected chi connectivity index (χ1v) is 9.00. The minimum atomic E-state index is 0.0862. The van der Waals surface area contributed by atoms with Crippen molar-refractivity contribution in [3.05, 3.63) is 28.0 Å². The Morgan fingerprint density at radius 3 is 2.91 bits per heavy atom. The van der Waals surface area contributed by atoms with Gasteiger partial charge in [0.1, 0.15) is 4.88 Å². The van der Waals surface area contributed by atoms with E-state index >= 15 is 0 Å². The van der Waals surface area contributed by atoms with E-state index in [4.69, 9.17) is 0 Å². The Morgan fingerprint density at radius 2 is 2.22 bits per heavy atom. The van der Waals surface area contributed by atoms with Crippen molar-refractivity contribution in [1.82, 2.24) is 24.3 Å². The lowest BCUT2D eigenvalue weighted by Gasteiger charge is -2.35. The van der Waals surface area contributed by atoms with E-state index in [2.05, 4.69) is 27.7 Å². The van der Waals surface area contributed by atoms with Gasteiger partial charge in [-0.1, -0.05) is 11.4 Å². The Morgan fingerprint density at radius 1 is 1.39 bits per heavy atom. The molecule has 0 unspecified atom stereocenters. The molecule has 0 spiro atoms. The summed E-state index contributed by atoms with van der Waals surface area (Å²) in [5.74, 6) is 0.0862. The van der Waals surface area contributed by atoms with Crippen LogP contribution in [0.4, 0.5) is 0 Å². The maximum Gasteiger partial charge on any atom is 0.267 e. The normalized spacial score (nSPS) is 18.4. The molecule has 23 heavy (non-hydrogen) atoms. The quantitative estimate of drug-likeness (QED) is 0.863. The van der Waals surface area contributed by atoms with E-state index in [9.17, 15) is 4.79 Å². The Balaban J connectivity index is 1.81. The predicted octanol–water partition coefficient (Wildman–Crippen LogP) is 2.61. The maximum atomic E-state index is 13.0. The molecule has 0 aromatic carbocycles. The molecule has 1 atom stereocenters. The van der Waals surface area contributed by atoms with E-state index in [1.54, 1.807) is 0 Å². The fraction of sp³-hybridized carbons (Fsp3) is 0.625. The zero-order chi connectivity index (χ0) is 16.4. The molecule has 1 amide bonds. The second-order valence-electron chi connectivity index (χ2n) is 6.16. The van der Waals surface area contributed by atoms with Crippen LogP contribution >= 0.6 is 11.5 Å². The minimum absolute atomic E-state index is 0.0862. The molecule has 6 nitrogen and oxygen atoms in total. The van der Waals surface area contributed by atoms with Gasteiger partial charge in [0.15, 0.2) is 0 Å². The van der Waals surface area contributed by atoms with Gasteiger partial charge in [-0.25, -0.2) is 0 Å². The van der Waals surface area contributed by atoms with Crippen molar-refractivity contribution in [3.63, 3.8) is 0 Å². The molecule has 0 saturated carbocycles. The largest absolute Gasteiger partial charge is 0.333 e. The summed E-state index contributed by atoms with van der Waals surface area (Å²) in [6.07, 6.45) is 3.99. The molecule has 124 valence electrons. The van der Waals surface area contributed by atoms with Crippen molar-refractivity contribution >= 4 is 17.4 Å². The fourth-order valence-electron chi connectivity index (χ4n) is 3.25. The van der Waals surface area contributed by atoms with E-state index in [1.165, 1.54) is 11.5 Å². The lowest BCUT2D eigenvalue weighted by molar-refractivity contribution is 0.0586. The number of nitrogens with zero attached hydrogens (tertiary/aromatic N) is 5. The molecule has 0 radical (unpaired) electrons. The first kappa shape index (κ1) is 16.1. The second-order valence-corrected chi connectivity index (χ2v) is 6.91. The van der Waals surface area contributed by atoms with Gasteiger partial charge < -0.3 is 4.90 Å². The lowest BCUT2D eigenvalue weighted by Crippen LogP contribution is -2.46. The SMILES string of the molecule is CCc1nnsc1C(=O)N1CCCC[C@H]1Cn1nc(C)cc1C. The van der Waals surface area contributed by atoms with Crippen LogP contribution in [0, 0.1) is 13.8 Å². The van der Waals surface area contributed by atoms with Gasteiger partial charge >= 0.3 is 0 Å². The molecular formula is C16H23N5OS. The second kappa shape index (κ2) is 6.78. The van der Waals surface area contributed by atoms with Gasteiger partial charge in [-0.05, 0) is 57.1 Å². The molecular weight excluding hydrogens is 310 g/mol. The van der Waals surface area contributed by atoms with E-state index < -0.39 is 0 Å². The summed E-state index contributed by atoms with van der Waals surface area (Å²) >= 11 is 1.22. The van der Waals surface area contributed by atoms with Crippen LogP contribution in [0.2, 0.25) is 0 Å². The smallest absolute Gasteiger partial charge is 0.267 e. The number of carbonyl (C=O) groups excluding carboxylic acids is 1. The highest BCUT2D eigenvalue weighted by atomic mass is 32.1. The van der Waals surface area contributed by atoms with Crippen LogP contribution < -0.4 is 0 Å². The van der Waals surface area contributed by atoms with Crippen molar-refractivity contribution < 1.29 is 4.79 Å². The molecule has 0 aliphatic carbocycles. The van der Waals surface area contributed by atoms with Gasteiger partial charge in [0.25, 0.3) is 5.91 Å². The maximum absolute atomic E-state index is 13.0.